The van der Waals surface area contributed by atoms with E-state index in [9.17, 15) is 9.18 Å². The van der Waals surface area contributed by atoms with Gasteiger partial charge in [0.2, 0.25) is 0 Å². The van der Waals surface area contributed by atoms with Gasteiger partial charge >= 0.3 is 5.97 Å². The summed E-state index contributed by atoms with van der Waals surface area (Å²) in [5.74, 6) is -1.63. The Labute approximate surface area is 134 Å². The summed E-state index contributed by atoms with van der Waals surface area (Å²) in [6.07, 6.45) is 1.78. The molecule has 0 saturated carbocycles. The smallest absolute Gasteiger partial charge is 0.337 e. The van der Waals surface area contributed by atoms with E-state index in [1.165, 1.54) is 18.3 Å². The van der Waals surface area contributed by atoms with E-state index in [1.807, 2.05) is 0 Å². The Morgan fingerprint density at radius 1 is 1.32 bits per heavy atom. The van der Waals surface area contributed by atoms with E-state index in [0.29, 0.717) is 28.7 Å². The molecule has 0 amide bonds. The zero-order valence-electron chi connectivity index (χ0n) is 11.0. The number of nitrogens with one attached hydrogen (secondary N) is 1. The third kappa shape index (κ3) is 2.65. The van der Waals surface area contributed by atoms with Gasteiger partial charge in [-0.25, -0.2) is 9.18 Å². The van der Waals surface area contributed by atoms with Crippen LogP contribution >= 0.6 is 23.2 Å². The highest BCUT2D eigenvalue weighted by Crippen LogP contribution is 2.28. The van der Waals surface area contributed by atoms with E-state index in [-0.39, 0.29) is 15.6 Å². The second kappa shape index (κ2) is 5.59. The normalized spacial score (nSPS) is 11.0. The summed E-state index contributed by atoms with van der Waals surface area (Å²) in [5.41, 5.74) is 2.43. The number of carboxylic acid groups (broad SMARTS) is 1. The molecule has 112 valence electrons. The van der Waals surface area contributed by atoms with Crippen molar-refractivity contribution in [3.05, 3.63) is 63.1 Å². The molecule has 2 heterocycles. The number of rotatable bonds is 3. The van der Waals surface area contributed by atoms with Crippen LogP contribution in [0.3, 0.4) is 0 Å². The molecule has 0 fully saturated rings. The number of nitrogens with zero attached hydrogens (tertiary/aromatic N) is 1. The van der Waals surface area contributed by atoms with Crippen LogP contribution in [0.5, 0.6) is 0 Å². The Kier molecular flexibility index (Phi) is 3.76. The van der Waals surface area contributed by atoms with Crippen molar-refractivity contribution in [1.82, 2.24) is 9.97 Å². The third-order valence-corrected chi connectivity index (χ3v) is 4.02. The van der Waals surface area contributed by atoms with Crippen LogP contribution in [0.25, 0.3) is 11.0 Å². The number of carbonyl (C=O) groups is 1. The number of hydrogen-bond donors (Lipinski definition) is 2. The predicted molar refractivity (Wildman–Crippen MR) is 82.3 cm³/mol. The summed E-state index contributed by atoms with van der Waals surface area (Å²) in [4.78, 5) is 18.3. The van der Waals surface area contributed by atoms with E-state index >= 15 is 0 Å². The molecule has 0 bridgehead atoms. The maximum Gasteiger partial charge on any atom is 0.337 e. The molecule has 0 aliphatic rings. The molecular weight excluding hydrogens is 330 g/mol. The molecule has 1 aromatic carbocycles. The van der Waals surface area contributed by atoms with E-state index in [2.05, 4.69) is 9.97 Å². The first-order chi connectivity index (χ1) is 10.5. The molecule has 3 aromatic rings. The summed E-state index contributed by atoms with van der Waals surface area (Å²) < 4.78 is 13.6. The first-order valence-electron chi connectivity index (χ1n) is 6.29. The highest BCUT2D eigenvalue weighted by Gasteiger charge is 2.13. The zero-order chi connectivity index (χ0) is 15.9. The Bertz CT molecular complexity index is 869. The van der Waals surface area contributed by atoms with Crippen molar-refractivity contribution in [2.75, 3.05) is 0 Å². The van der Waals surface area contributed by atoms with Crippen molar-refractivity contribution >= 4 is 40.2 Å². The van der Waals surface area contributed by atoms with Crippen LogP contribution in [0.1, 0.15) is 21.6 Å². The minimum Gasteiger partial charge on any atom is -0.478 e. The number of carboxylic acids is 1. The standard InChI is InChI=1S/C15H9Cl2FN2O2/c16-10-4-7(5-11(18)13(10)17)3-8-6-12-14(20-8)9(15(21)22)1-2-19-12/h1-2,4-6,20H,3H2,(H,21,22). The molecule has 3 rings (SSSR count). The molecular formula is C15H9Cl2FN2O2. The number of H-pyrrole nitrogens is 1. The molecule has 7 heteroatoms. The summed E-state index contributed by atoms with van der Waals surface area (Å²) >= 11 is 11.5. The Balaban J connectivity index is 2.01. The van der Waals surface area contributed by atoms with Crippen molar-refractivity contribution in [3.63, 3.8) is 0 Å². The molecule has 2 aromatic heterocycles. The molecule has 0 unspecified atom stereocenters. The minimum atomic E-state index is -1.04. The number of aromatic carboxylic acids is 1. The fourth-order valence-corrected chi connectivity index (χ4v) is 2.62. The summed E-state index contributed by atoms with van der Waals surface area (Å²) in [7, 11) is 0. The van der Waals surface area contributed by atoms with Crippen molar-refractivity contribution < 1.29 is 14.3 Å². The van der Waals surface area contributed by atoms with Crippen molar-refractivity contribution in [1.29, 1.82) is 0 Å². The van der Waals surface area contributed by atoms with Gasteiger partial charge in [-0.15, -0.1) is 0 Å². The average molecular weight is 339 g/mol. The van der Waals surface area contributed by atoms with Gasteiger partial charge in [0.1, 0.15) is 5.82 Å². The molecule has 2 N–H and O–H groups in total. The predicted octanol–water partition coefficient (Wildman–Crippen LogP) is 4.30. The summed E-state index contributed by atoms with van der Waals surface area (Å²) in [6, 6.07) is 6.02. The first kappa shape index (κ1) is 14.8. The summed E-state index contributed by atoms with van der Waals surface area (Å²) in [6.45, 7) is 0. The van der Waals surface area contributed by atoms with E-state index < -0.39 is 11.8 Å². The van der Waals surface area contributed by atoms with Crippen molar-refractivity contribution in [3.8, 4) is 0 Å². The molecule has 22 heavy (non-hydrogen) atoms. The van der Waals surface area contributed by atoms with Crippen LogP contribution in [0.15, 0.2) is 30.5 Å². The molecule has 0 saturated heterocycles. The van der Waals surface area contributed by atoms with Gasteiger partial charge in [-0.2, -0.15) is 0 Å². The molecule has 4 nitrogen and oxygen atoms in total. The molecule has 0 radical (unpaired) electrons. The van der Waals surface area contributed by atoms with Gasteiger partial charge in [0.25, 0.3) is 0 Å². The quantitative estimate of drug-likeness (QED) is 0.699. The number of aromatic amines is 1. The van der Waals surface area contributed by atoms with Crippen LogP contribution in [0.4, 0.5) is 4.39 Å². The van der Waals surface area contributed by atoms with E-state index in [1.54, 1.807) is 12.1 Å². The first-order valence-corrected chi connectivity index (χ1v) is 7.04. The highest BCUT2D eigenvalue weighted by molar-refractivity contribution is 6.42. The lowest BCUT2D eigenvalue weighted by Gasteiger charge is -2.03. The number of benzene rings is 1. The fraction of sp³-hybridized carbons (Fsp3) is 0.0667. The van der Waals surface area contributed by atoms with Crippen molar-refractivity contribution in [2.45, 2.75) is 6.42 Å². The average Bonchev–Trinajstić information content (AvgIpc) is 2.86. The van der Waals surface area contributed by atoms with Gasteiger partial charge in [-0.1, -0.05) is 23.2 Å². The topological polar surface area (TPSA) is 66.0 Å². The van der Waals surface area contributed by atoms with Gasteiger partial charge in [-0.3, -0.25) is 4.98 Å². The van der Waals surface area contributed by atoms with Crippen LogP contribution in [-0.2, 0) is 6.42 Å². The molecule has 0 spiro atoms. The van der Waals surface area contributed by atoms with E-state index in [4.69, 9.17) is 28.3 Å². The number of halogens is 3. The van der Waals surface area contributed by atoms with Crippen LogP contribution in [0, 0.1) is 5.82 Å². The maximum atomic E-state index is 13.6. The molecule has 0 aliphatic carbocycles. The number of hydrogen-bond acceptors (Lipinski definition) is 2. The Hall–Kier alpha value is -2.11. The van der Waals surface area contributed by atoms with Crippen LogP contribution in [-0.4, -0.2) is 21.0 Å². The third-order valence-electron chi connectivity index (χ3n) is 3.25. The monoisotopic (exact) mass is 338 g/mol. The van der Waals surface area contributed by atoms with Gasteiger partial charge in [0, 0.05) is 18.3 Å². The van der Waals surface area contributed by atoms with Gasteiger partial charge in [0.15, 0.2) is 0 Å². The van der Waals surface area contributed by atoms with Crippen LogP contribution in [0.2, 0.25) is 10.0 Å². The SMILES string of the molecule is O=C(O)c1ccnc2cc(Cc3cc(F)c(Cl)c(Cl)c3)[nH]c12. The molecule has 0 aliphatic heterocycles. The number of pyridine rings is 1. The van der Waals surface area contributed by atoms with E-state index in [0.717, 1.165) is 0 Å². The molecule has 0 atom stereocenters. The number of aromatic nitrogens is 2. The second-order valence-electron chi connectivity index (χ2n) is 4.77. The van der Waals surface area contributed by atoms with Crippen molar-refractivity contribution in [2.24, 2.45) is 0 Å². The largest absolute Gasteiger partial charge is 0.478 e. The van der Waals surface area contributed by atoms with Gasteiger partial charge in [-0.05, 0) is 29.8 Å². The van der Waals surface area contributed by atoms with Crippen LogP contribution < -0.4 is 0 Å². The Morgan fingerprint density at radius 3 is 2.77 bits per heavy atom. The fourth-order valence-electron chi connectivity index (χ4n) is 2.28. The summed E-state index contributed by atoms with van der Waals surface area (Å²) in [5, 5.41) is 9.18. The second-order valence-corrected chi connectivity index (χ2v) is 5.55. The minimum absolute atomic E-state index is 0.114. The lowest BCUT2D eigenvalue weighted by atomic mass is 10.1. The van der Waals surface area contributed by atoms with Gasteiger partial charge < -0.3 is 10.1 Å². The Morgan fingerprint density at radius 2 is 2.09 bits per heavy atom. The number of fused-ring (bicyclic) bond motifs is 1. The van der Waals surface area contributed by atoms with Gasteiger partial charge in [0.05, 0.1) is 26.6 Å². The maximum absolute atomic E-state index is 13.6. The lowest BCUT2D eigenvalue weighted by molar-refractivity contribution is 0.0698. The highest BCUT2D eigenvalue weighted by atomic mass is 35.5. The zero-order valence-corrected chi connectivity index (χ0v) is 12.5. The lowest BCUT2D eigenvalue weighted by Crippen LogP contribution is -1.98.